The molecule has 6 heteroatoms. The van der Waals surface area contributed by atoms with Crippen LogP contribution in [0.1, 0.15) is 47.3 Å². The van der Waals surface area contributed by atoms with Crippen LogP contribution in [-0.2, 0) is 13.0 Å². The van der Waals surface area contributed by atoms with Gasteiger partial charge >= 0.3 is 0 Å². The first-order valence-corrected chi connectivity index (χ1v) is 8.62. The fourth-order valence-electron chi connectivity index (χ4n) is 4.50. The summed E-state index contributed by atoms with van der Waals surface area (Å²) in [6.07, 6.45) is 7.79. The van der Waals surface area contributed by atoms with E-state index in [4.69, 9.17) is 5.21 Å². The topological polar surface area (TPSA) is 77.5 Å². The molecule has 0 radical (unpaired) electrons. The highest BCUT2D eigenvalue weighted by Gasteiger charge is 2.34. The van der Waals surface area contributed by atoms with E-state index >= 15 is 0 Å². The lowest BCUT2D eigenvalue weighted by molar-refractivity contribution is 0.0705. The lowest BCUT2D eigenvalue weighted by Gasteiger charge is -2.35. The molecule has 4 heterocycles. The van der Waals surface area contributed by atoms with Crippen LogP contribution in [0.3, 0.4) is 0 Å². The van der Waals surface area contributed by atoms with Crippen LogP contribution in [0.5, 0.6) is 0 Å². The molecule has 3 aliphatic heterocycles. The summed E-state index contributed by atoms with van der Waals surface area (Å²) in [5.41, 5.74) is 4.30. The van der Waals surface area contributed by atoms with Crippen LogP contribution in [0.15, 0.2) is 12.3 Å². The van der Waals surface area contributed by atoms with E-state index in [1.54, 1.807) is 11.7 Å². The highest BCUT2D eigenvalue weighted by molar-refractivity contribution is 5.93. The van der Waals surface area contributed by atoms with Crippen LogP contribution in [0.4, 0.5) is 0 Å². The lowest BCUT2D eigenvalue weighted by Crippen LogP contribution is -2.43. The van der Waals surface area contributed by atoms with Crippen LogP contribution < -0.4 is 10.8 Å². The van der Waals surface area contributed by atoms with Gasteiger partial charge in [0.05, 0.1) is 11.3 Å². The quantitative estimate of drug-likeness (QED) is 0.575. The van der Waals surface area contributed by atoms with E-state index in [1.807, 2.05) is 6.07 Å². The molecule has 0 aromatic carbocycles. The number of rotatable bonds is 3. The van der Waals surface area contributed by atoms with Gasteiger partial charge in [0.15, 0.2) is 0 Å². The van der Waals surface area contributed by atoms with Gasteiger partial charge in [0.25, 0.3) is 5.91 Å². The average Bonchev–Trinajstić information content (AvgIpc) is 2.92. The number of nitrogens with one attached hydrogen (secondary N) is 2. The maximum atomic E-state index is 11.5. The Bertz CT molecular complexity index is 594. The number of amides is 1. The second-order valence-corrected chi connectivity index (χ2v) is 7.23. The minimum absolute atomic E-state index is 0.426. The van der Waals surface area contributed by atoms with Crippen LogP contribution >= 0.6 is 0 Å². The summed E-state index contributed by atoms with van der Waals surface area (Å²) in [5, 5.41) is 12.4. The molecule has 3 N–H and O–H groups in total. The molecule has 1 amide bonds. The van der Waals surface area contributed by atoms with E-state index in [1.165, 1.54) is 25.7 Å². The molecule has 0 aliphatic carbocycles. The molecule has 3 aliphatic rings. The molecule has 6 nitrogen and oxygen atoms in total. The highest BCUT2D eigenvalue weighted by atomic mass is 16.5. The Kier molecular flexibility index (Phi) is 4.05. The van der Waals surface area contributed by atoms with Crippen molar-refractivity contribution in [1.82, 2.24) is 20.7 Å². The monoisotopic (exact) mass is 316 g/mol. The Morgan fingerprint density at radius 3 is 2.91 bits per heavy atom. The van der Waals surface area contributed by atoms with Crippen molar-refractivity contribution in [1.29, 1.82) is 0 Å². The molecule has 23 heavy (non-hydrogen) atoms. The normalized spacial score (nSPS) is 30.0. The smallest absolute Gasteiger partial charge is 0.276 e. The van der Waals surface area contributed by atoms with Crippen molar-refractivity contribution < 1.29 is 10.0 Å². The molecule has 2 saturated heterocycles. The van der Waals surface area contributed by atoms with Gasteiger partial charge in [-0.1, -0.05) is 0 Å². The van der Waals surface area contributed by atoms with E-state index < -0.39 is 5.91 Å². The number of piperidine rings is 1. The molecule has 2 fully saturated rings. The summed E-state index contributed by atoms with van der Waals surface area (Å²) < 4.78 is 0. The Morgan fingerprint density at radius 2 is 2.17 bits per heavy atom. The van der Waals surface area contributed by atoms with E-state index in [2.05, 4.69) is 15.2 Å². The number of hydrogen-bond acceptors (Lipinski definition) is 5. The van der Waals surface area contributed by atoms with Crippen molar-refractivity contribution in [3.8, 4) is 0 Å². The largest absolute Gasteiger partial charge is 0.311 e. The number of nitrogens with zero attached hydrogens (tertiary/aromatic N) is 2. The third-order valence-corrected chi connectivity index (χ3v) is 5.58. The average molecular weight is 316 g/mol. The van der Waals surface area contributed by atoms with E-state index in [0.717, 1.165) is 55.3 Å². The Labute approximate surface area is 136 Å². The summed E-state index contributed by atoms with van der Waals surface area (Å²) in [6.45, 7) is 3.06. The van der Waals surface area contributed by atoms with Crippen molar-refractivity contribution in [2.45, 2.75) is 50.7 Å². The van der Waals surface area contributed by atoms with Crippen LogP contribution in [-0.4, -0.2) is 46.2 Å². The van der Waals surface area contributed by atoms with Gasteiger partial charge in [-0.2, -0.15) is 0 Å². The summed E-state index contributed by atoms with van der Waals surface area (Å²) in [7, 11) is 0. The van der Waals surface area contributed by atoms with Gasteiger partial charge < -0.3 is 5.32 Å². The zero-order valence-corrected chi connectivity index (χ0v) is 13.3. The zero-order valence-electron chi connectivity index (χ0n) is 13.3. The minimum Gasteiger partial charge on any atom is -0.311 e. The lowest BCUT2D eigenvalue weighted by atomic mass is 9.91. The molecule has 1 aromatic rings. The number of carbonyl (C=O) groups is 1. The third kappa shape index (κ3) is 3.11. The van der Waals surface area contributed by atoms with E-state index in [-0.39, 0.29) is 0 Å². The molecular formula is C17H24N4O2. The number of carbonyl (C=O) groups excluding carboxylic acids is 1. The second kappa shape index (κ2) is 6.19. The minimum atomic E-state index is -0.493. The molecule has 124 valence electrons. The van der Waals surface area contributed by atoms with Gasteiger partial charge in [0.2, 0.25) is 0 Å². The number of hydroxylamine groups is 1. The maximum absolute atomic E-state index is 11.5. The highest BCUT2D eigenvalue weighted by Crippen LogP contribution is 2.32. The van der Waals surface area contributed by atoms with Crippen molar-refractivity contribution in [3.05, 3.63) is 29.1 Å². The van der Waals surface area contributed by atoms with Crippen molar-refractivity contribution in [3.63, 3.8) is 0 Å². The summed E-state index contributed by atoms with van der Waals surface area (Å²) >= 11 is 0. The van der Waals surface area contributed by atoms with Crippen molar-refractivity contribution in [2.24, 2.45) is 5.92 Å². The summed E-state index contributed by atoms with van der Waals surface area (Å²) in [4.78, 5) is 18.4. The predicted molar refractivity (Wildman–Crippen MR) is 85.1 cm³/mol. The first kappa shape index (κ1) is 15.1. The molecule has 0 spiro atoms. The van der Waals surface area contributed by atoms with Gasteiger partial charge in [0, 0.05) is 37.9 Å². The van der Waals surface area contributed by atoms with Crippen LogP contribution in [0.2, 0.25) is 0 Å². The van der Waals surface area contributed by atoms with Gasteiger partial charge in [-0.25, -0.2) is 5.48 Å². The summed E-state index contributed by atoms with van der Waals surface area (Å²) in [5.74, 6) is 0.308. The van der Waals surface area contributed by atoms with Gasteiger partial charge in [-0.05, 0) is 49.7 Å². The molecule has 2 unspecified atom stereocenters. The fraction of sp³-hybridized carbons (Fsp3) is 0.647. The SMILES string of the molecule is O=C(NO)c1cnc2c(c1)CCN(CC1CC3CC[C@@H](C1)N3)C2. The number of fused-ring (bicyclic) bond motifs is 3. The van der Waals surface area contributed by atoms with E-state index in [9.17, 15) is 4.79 Å². The number of pyridine rings is 1. The Hall–Kier alpha value is -1.50. The van der Waals surface area contributed by atoms with Crippen molar-refractivity contribution >= 4 is 5.91 Å². The standard InChI is InChI=1S/C17H24N4O2/c22-17(20-23)13-7-12-3-4-21(10-16(12)18-8-13)9-11-5-14-1-2-15(6-11)19-14/h7-8,11,14-15,19,23H,1-6,9-10H2,(H,20,22)/t11?,14-,15?/m0/s1. The van der Waals surface area contributed by atoms with Crippen molar-refractivity contribution in [2.75, 3.05) is 13.1 Å². The molecule has 3 atom stereocenters. The fourth-order valence-corrected chi connectivity index (χ4v) is 4.50. The molecule has 1 aromatic heterocycles. The first-order chi connectivity index (χ1) is 11.2. The van der Waals surface area contributed by atoms with Crippen LogP contribution in [0.25, 0.3) is 0 Å². The third-order valence-electron chi connectivity index (χ3n) is 5.58. The first-order valence-electron chi connectivity index (χ1n) is 8.62. The van der Waals surface area contributed by atoms with Crippen LogP contribution in [0, 0.1) is 5.92 Å². The van der Waals surface area contributed by atoms with Gasteiger partial charge in [-0.15, -0.1) is 0 Å². The predicted octanol–water partition coefficient (Wildman–Crippen LogP) is 1.09. The molecule has 0 saturated carbocycles. The van der Waals surface area contributed by atoms with Gasteiger partial charge in [-0.3, -0.25) is 19.9 Å². The number of aromatic nitrogens is 1. The number of hydrogen-bond donors (Lipinski definition) is 3. The molecular weight excluding hydrogens is 292 g/mol. The van der Waals surface area contributed by atoms with E-state index in [0.29, 0.717) is 5.56 Å². The molecule has 4 rings (SSSR count). The molecule has 2 bridgehead atoms. The Morgan fingerprint density at radius 1 is 1.39 bits per heavy atom. The maximum Gasteiger partial charge on any atom is 0.276 e. The summed E-state index contributed by atoms with van der Waals surface area (Å²) in [6, 6.07) is 3.35. The zero-order chi connectivity index (χ0) is 15.8. The Balaban J connectivity index is 1.40. The van der Waals surface area contributed by atoms with Gasteiger partial charge in [0.1, 0.15) is 0 Å². The second-order valence-electron chi connectivity index (χ2n) is 7.23.